The lowest BCUT2D eigenvalue weighted by Crippen LogP contribution is -2.45. The monoisotopic (exact) mass is 784 g/mol. The second-order valence-corrected chi connectivity index (χ2v) is 14.8. The maximum Gasteiger partial charge on any atom is 0.329 e. The van der Waals surface area contributed by atoms with Crippen molar-refractivity contribution < 1.29 is 38.6 Å². The zero-order chi connectivity index (χ0) is 38.9. The average Bonchev–Trinajstić information content (AvgIpc) is 3.14. The number of carbonyl (C=O) groups excluding carboxylic acids is 4. The van der Waals surface area contributed by atoms with Crippen LogP contribution in [-0.4, -0.2) is 91.1 Å². The number of nitrogens with zero attached hydrogens (tertiary/aromatic N) is 3. The lowest BCUT2D eigenvalue weighted by atomic mass is 10.0. The van der Waals surface area contributed by atoms with Gasteiger partial charge in [-0.2, -0.15) is 4.98 Å². The van der Waals surface area contributed by atoms with Gasteiger partial charge in [0.25, 0.3) is 11.5 Å². The van der Waals surface area contributed by atoms with E-state index < -0.39 is 47.5 Å². The highest BCUT2D eigenvalue weighted by molar-refractivity contribution is 8.76. The van der Waals surface area contributed by atoms with Gasteiger partial charge >= 0.3 is 17.9 Å². The highest BCUT2D eigenvalue weighted by atomic mass is 33.1. The first-order valence-electron chi connectivity index (χ1n) is 17.5. The number of anilines is 2. The minimum absolute atomic E-state index is 0.0475. The standard InChI is InChI=1S/C35H44N8O9S2/c1-2-28(45)51-16-17-53-54-20-26(33(48)49)40-27(44)15-14-25(34(50)52-24-8-6-4-3-5-7-9-24)41-31(46)21-10-12-22(13-11-21)37-18-23-19-38-30-29(39-23)32(47)43-35(36)42-30/h6,8,10-13,19,24-26,37H,2-5,7,9,14-18,20H2,1H3,(H,40,44)(H,41,46)(H,48,49)(H3,36,38,42,43,47)/b8-6+/t24?,25-,26-/m1/s1. The number of carboxylic acids is 1. The van der Waals surface area contributed by atoms with E-state index in [1.165, 1.54) is 27.8 Å². The largest absolute Gasteiger partial charge is 0.480 e. The first-order valence-corrected chi connectivity index (χ1v) is 20.0. The van der Waals surface area contributed by atoms with E-state index in [2.05, 4.69) is 35.9 Å². The molecule has 17 nitrogen and oxygen atoms in total. The zero-order valence-corrected chi connectivity index (χ0v) is 31.3. The summed E-state index contributed by atoms with van der Waals surface area (Å²) in [7, 11) is 2.53. The van der Waals surface area contributed by atoms with Gasteiger partial charge in [-0.3, -0.25) is 24.2 Å². The summed E-state index contributed by atoms with van der Waals surface area (Å²) in [5.41, 5.74) is 6.55. The molecule has 19 heteroatoms. The van der Waals surface area contributed by atoms with Crippen LogP contribution in [0.1, 0.15) is 74.3 Å². The number of aromatic amines is 1. The van der Waals surface area contributed by atoms with Gasteiger partial charge in [-0.1, -0.05) is 41.0 Å². The summed E-state index contributed by atoms with van der Waals surface area (Å²) >= 11 is 0. The Morgan fingerprint density at radius 1 is 1.06 bits per heavy atom. The molecule has 1 aliphatic carbocycles. The second-order valence-electron chi connectivity index (χ2n) is 12.2. The molecule has 2 heterocycles. The van der Waals surface area contributed by atoms with Crippen molar-refractivity contribution in [2.45, 2.75) is 83.0 Å². The fourth-order valence-electron chi connectivity index (χ4n) is 5.12. The van der Waals surface area contributed by atoms with E-state index in [1.807, 2.05) is 12.2 Å². The summed E-state index contributed by atoms with van der Waals surface area (Å²) in [5, 5.41) is 18.0. The van der Waals surface area contributed by atoms with Crippen molar-refractivity contribution in [2.24, 2.45) is 0 Å². The van der Waals surface area contributed by atoms with Gasteiger partial charge in [0, 0.05) is 35.6 Å². The number of hydrogen-bond donors (Lipinski definition) is 6. The molecule has 0 saturated heterocycles. The van der Waals surface area contributed by atoms with Crippen LogP contribution in [0.3, 0.4) is 0 Å². The predicted octanol–water partition coefficient (Wildman–Crippen LogP) is 3.12. The number of hydrogen-bond acceptors (Lipinski definition) is 15. The van der Waals surface area contributed by atoms with Crippen LogP contribution in [0.5, 0.6) is 0 Å². The van der Waals surface area contributed by atoms with Gasteiger partial charge in [0.1, 0.15) is 24.8 Å². The van der Waals surface area contributed by atoms with Crippen LogP contribution in [0, 0.1) is 0 Å². The van der Waals surface area contributed by atoms with Crippen molar-refractivity contribution in [2.75, 3.05) is 29.2 Å². The van der Waals surface area contributed by atoms with Gasteiger partial charge in [0.15, 0.2) is 11.2 Å². The number of nitrogens with two attached hydrogens (primary N) is 1. The Bertz CT molecular complexity index is 1860. The summed E-state index contributed by atoms with van der Waals surface area (Å²) in [6, 6.07) is 4.01. The number of nitrogen functional groups attached to an aromatic ring is 1. The molecule has 2 amide bonds. The zero-order valence-electron chi connectivity index (χ0n) is 29.7. The van der Waals surface area contributed by atoms with Gasteiger partial charge in [-0.15, -0.1) is 0 Å². The second kappa shape index (κ2) is 21.5. The first kappa shape index (κ1) is 41.6. The molecule has 1 unspecified atom stereocenters. The molecule has 0 fully saturated rings. The van der Waals surface area contributed by atoms with Gasteiger partial charge in [0.2, 0.25) is 11.9 Å². The molecule has 3 atom stereocenters. The van der Waals surface area contributed by atoms with Crippen LogP contribution in [0.25, 0.3) is 11.2 Å². The van der Waals surface area contributed by atoms with E-state index in [-0.39, 0.29) is 66.8 Å². The van der Waals surface area contributed by atoms with E-state index in [1.54, 1.807) is 31.2 Å². The Labute approximate surface area is 318 Å². The number of H-pyrrole nitrogens is 1. The number of amides is 2. The summed E-state index contributed by atoms with van der Waals surface area (Å²) in [5.74, 6) is -3.00. The minimum atomic E-state index is -1.23. The van der Waals surface area contributed by atoms with E-state index in [0.717, 1.165) is 25.7 Å². The number of rotatable bonds is 19. The molecule has 0 radical (unpaired) electrons. The maximum absolute atomic E-state index is 13.4. The summed E-state index contributed by atoms with van der Waals surface area (Å²) < 4.78 is 10.8. The number of fused-ring (bicyclic) bond motifs is 1. The molecule has 1 aromatic carbocycles. The Hall–Kier alpha value is -5.17. The van der Waals surface area contributed by atoms with Crippen LogP contribution in [0.2, 0.25) is 0 Å². The van der Waals surface area contributed by atoms with E-state index in [4.69, 9.17) is 15.2 Å². The third kappa shape index (κ3) is 13.7. The number of carbonyl (C=O) groups is 5. The summed E-state index contributed by atoms with van der Waals surface area (Å²) in [4.78, 5) is 89.7. The maximum atomic E-state index is 13.4. The molecule has 3 aromatic rings. The van der Waals surface area contributed by atoms with Crippen molar-refractivity contribution in [3.8, 4) is 0 Å². The average molecular weight is 785 g/mol. The Balaban J connectivity index is 1.35. The van der Waals surface area contributed by atoms with Gasteiger partial charge in [0.05, 0.1) is 18.4 Å². The number of carboxylic acid groups (broad SMARTS) is 1. The first-order chi connectivity index (χ1) is 26.0. The van der Waals surface area contributed by atoms with E-state index >= 15 is 0 Å². The van der Waals surface area contributed by atoms with Crippen LogP contribution in [0.4, 0.5) is 11.6 Å². The van der Waals surface area contributed by atoms with Crippen LogP contribution < -0.4 is 27.2 Å². The van der Waals surface area contributed by atoms with Gasteiger partial charge < -0.3 is 36.3 Å². The van der Waals surface area contributed by atoms with E-state index in [9.17, 15) is 33.9 Å². The highest BCUT2D eigenvalue weighted by Crippen LogP contribution is 2.22. The normalized spacial score (nSPS) is 15.8. The van der Waals surface area contributed by atoms with Crippen LogP contribution in [-0.2, 0) is 35.2 Å². The molecule has 290 valence electrons. The molecule has 7 N–H and O–H groups in total. The Morgan fingerprint density at radius 3 is 2.61 bits per heavy atom. The Morgan fingerprint density at radius 2 is 1.85 bits per heavy atom. The molecule has 2 aromatic heterocycles. The number of esters is 2. The molecule has 0 saturated carbocycles. The molecular formula is C35H44N8O9S2. The van der Waals surface area contributed by atoms with Crippen LogP contribution in [0.15, 0.2) is 47.4 Å². The van der Waals surface area contributed by atoms with Crippen molar-refractivity contribution in [1.82, 2.24) is 30.6 Å². The predicted molar refractivity (Wildman–Crippen MR) is 204 cm³/mol. The quantitative estimate of drug-likeness (QED) is 0.0442. The Kier molecular flexibility index (Phi) is 16.6. The smallest absolute Gasteiger partial charge is 0.329 e. The van der Waals surface area contributed by atoms with Crippen molar-refractivity contribution >= 4 is 74.1 Å². The number of nitrogens with one attached hydrogen (secondary N) is 4. The third-order valence-electron chi connectivity index (χ3n) is 8.00. The number of benzene rings is 1. The fraction of sp³-hybridized carbons (Fsp3) is 0.457. The number of allylic oxidation sites excluding steroid dienone is 1. The number of aliphatic carboxylic acids is 1. The van der Waals surface area contributed by atoms with Gasteiger partial charge in [-0.25, -0.2) is 19.6 Å². The van der Waals surface area contributed by atoms with Crippen LogP contribution >= 0.6 is 21.6 Å². The van der Waals surface area contributed by atoms with Crippen molar-refractivity contribution in [3.05, 3.63) is 64.2 Å². The summed E-state index contributed by atoms with van der Waals surface area (Å²) in [6.07, 6.45) is 9.08. The topological polar surface area (TPSA) is 258 Å². The number of aromatic nitrogens is 4. The SMILES string of the molecule is CCC(=O)OCCSSC[C@@H](NC(=O)CC[C@@H](NC(=O)c1ccc(NCc2cnc3nc(N)[nH]c(=O)c3n2)cc1)C(=O)OC1/C=C/CCCCC1)C(=O)O. The lowest BCUT2D eigenvalue weighted by molar-refractivity contribution is -0.150. The lowest BCUT2D eigenvalue weighted by Gasteiger charge is -2.22. The molecule has 0 aliphatic heterocycles. The summed E-state index contributed by atoms with van der Waals surface area (Å²) in [6.45, 7) is 2.09. The fourth-order valence-corrected chi connectivity index (χ4v) is 7.10. The van der Waals surface area contributed by atoms with Gasteiger partial charge in [-0.05, 0) is 62.4 Å². The molecule has 1 aliphatic rings. The number of ether oxygens (including phenoxy) is 2. The third-order valence-corrected chi connectivity index (χ3v) is 10.4. The molecular weight excluding hydrogens is 741 g/mol. The molecule has 0 bridgehead atoms. The van der Waals surface area contributed by atoms with Crippen molar-refractivity contribution in [1.29, 1.82) is 0 Å². The minimum Gasteiger partial charge on any atom is -0.480 e. The molecule has 0 spiro atoms. The molecule has 4 rings (SSSR count). The van der Waals surface area contributed by atoms with Crippen molar-refractivity contribution in [3.63, 3.8) is 0 Å². The highest BCUT2D eigenvalue weighted by Gasteiger charge is 2.27. The van der Waals surface area contributed by atoms with E-state index in [0.29, 0.717) is 23.6 Å². The molecule has 54 heavy (non-hydrogen) atoms.